The summed E-state index contributed by atoms with van der Waals surface area (Å²) in [5.41, 5.74) is -1.12. The van der Waals surface area contributed by atoms with Gasteiger partial charge in [-0.2, -0.15) is 0 Å². The van der Waals surface area contributed by atoms with Gasteiger partial charge < -0.3 is 9.84 Å². The van der Waals surface area contributed by atoms with Gasteiger partial charge in [0.2, 0.25) is 0 Å². The molecule has 1 N–H and O–H groups in total. The van der Waals surface area contributed by atoms with Gasteiger partial charge in [0, 0.05) is 18.6 Å². The molecule has 1 saturated heterocycles. The summed E-state index contributed by atoms with van der Waals surface area (Å²) in [4.78, 5) is 13.5. The van der Waals surface area contributed by atoms with E-state index in [1.165, 1.54) is 0 Å². The molecule has 1 aliphatic rings. The molecule has 4 heteroatoms. The summed E-state index contributed by atoms with van der Waals surface area (Å²) in [5, 5.41) is 9.25. The van der Waals surface area contributed by atoms with Gasteiger partial charge in [-0.3, -0.25) is 9.69 Å². The first-order valence-electron chi connectivity index (χ1n) is 5.36. The van der Waals surface area contributed by atoms with Gasteiger partial charge in [-0.15, -0.1) is 0 Å². The van der Waals surface area contributed by atoms with Crippen molar-refractivity contribution in [3.63, 3.8) is 0 Å². The van der Waals surface area contributed by atoms with Crippen LogP contribution in [0.2, 0.25) is 0 Å². The maximum absolute atomic E-state index is 11.3. The Morgan fingerprint density at radius 1 is 1.20 bits per heavy atom. The molecule has 1 aliphatic heterocycles. The third kappa shape index (κ3) is 2.16. The van der Waals surface area contributed by atoms with Crippen LogP contribution < -0.4 is 0 Å². The molecule has 0 aromatic heterocycles. The predicted octanol–water partition coefficient (Wildman–Crippen LogP) is 1.21. The van der Waals surface area contributed by atoms with Crippen LogP contribution in [0.15, 0.2) is 0 Å². The topological polar surface area (TPSA) is 49.8 Å². The quantitative estimate of drug-likeness (QED) is 0.768. The molecule has 1 fully saturated rings. The van der Waals surface area contributed by atoms with E-state index in [1.807, 2.05) is 13.8 Å². The number of morpholine rings is 1. The van der Waals surface area contributed by atoms with E-state index in [-0.39, 0.29) is 5.54 Å². The molecule has 0 aliphatic carbocycles. The van der Waals surface area contributed by atoms with E-state index in [4.69, 9.17) is 4.74 Å². The maximum atomic E-state index is 11.3. The van der Waals surface area contributed by atoms with Crippen LogP contribution in [-0.4, -0.2) is 47.8 Å². The van der Waals surface area contributed by atoms with Crippen molar-refractivity contribution >= 4 is 5.97 Å². The number of hydrogen-bond acceptors (Lipinski definition) is 3. The average molecular weight is 215 g/mol. The first kappa shape index (κ1) is 12.5. The average Bonchev–Trinajstić information content (AvgIpc) is 2.18. The molecule has 0 aromatic carbocycles. The fourth-order valence-corrected chi connectivity index (χ4v) is 1.78. The molecule has 0 aromatic rings. The monoisotopic (exact) mass is 215 g/mol. The lowest BCUT2D eigenvalue weighted by atomic mass is 9.73. The Morgan fingerprint density at radius 3 is 2.07 bits per heavy atom. The van der Waals surface area contributed by atoms with Crippen molar-refractivity contribution in [3.8, 4) is 0 Å². The first-order chi connectivity index (χ1) is 6.80. The Balaban J connectivity index is 2.84. The van der Waals surface area contributed by atoms with Crippen molar-refractivity contribution in [2.24, 2.45) is 5.41 Å². The number of ether oxygens (including phenoxy) is 1. The lowest BCUT2D eigenvalue weighted by Crippen LogP contribution is -2.59. The van der Waals surface area contributed by atoms with Crippen molar-refractivity contribution in [1.82, 2.24) is 4.90 Å². The Bertz CT molecular complexity index is 242. The SMILES string of the molecule is CC(C)(C(=O)O)C(C)(C)N1CCOCC1. The standard InChI is InChI=1S/C11H21NO3/c1-10(2,9(13)14)11(3,4)12-5-7-15-8-6-12/h5-8H2,1-4H3,(H,13,14). The van der Waals surface area contributed by atoms with E-state index >= 15 is 0 Å². The molecule has 1 heterocycles. The van der Waals surface area contributed by atoms with Crippen LogP contribution in [-0.2, 0) is 9.53 Å². The van der Waals surface area contributed by atoms with Crippen molar-refractivity contribution < 1.29 is 14.6 Å². The van der Waals surface area contributed by atoms with Gasteiger partial charge in [0.1, 0.15) is 0 Å². The molecular weight excluding hydrogens is 194 g/mol. The van der Waals surface area contributed by atoms with E-state index in [0.29, 0.717) is 13.2 Å². The third-order valence-corrected chi connectivity index (χ3v) is 3.87. The number of carbonyl (C=O) groups is 1. The summed E-state index contributed by atoms with van der Waals surface area (Å²) >= 11 is 0. The van der Waals surface area contributed by atoms with Gasteiger partial charge >= 0.3 is 5.97 Å². The van der Waals surface area contributed by atoms with Crippen molar-refractivity contribution in [2.45, 2.75) is 33.2 Å². The zero-order valence-corrected chi connectivity index (χ0v) is 10.0. The highest BCUT2D eigenvalue weighted by atomic mass is 16.5. The minimum absolute atomic E-state index is 0.359. The molecule has 0 radical (unpaired) electrons. The minimum atomic E-state index is -0.760. The molecule has 4 nitrogen and oxygen atoms in total. The van der Waals surface area contributed by atoms with Crippen molar-refractivity contribution in [2.75, 3.05) is 26.3 Å². The number of aliphatic carboxylic acids is 1. The van der Waals surface area contributed by atoms with Gasteiger partial charge in [0.25, 0.3) is 0 Å². The highest BCUT2D eigenvalue weighted by molar-refractivity contribution is 5.75. The fraction of sp³-hybridized carbons (Fsp3) is 0.909. The molecule has 0 saturated carbocycles. The van der Waals surface area contributed by atoms with Crippen LogP contribution in [0.1, 0.15) is 27.7 Å². The second-order valence-electron chi connectivity index (χ2n) is 5.09. The van der Waals surface area contributed by atoms with Crippen molar-refractivity contribution in [1.29, 1.82) is 0 Å². The predicted molar refractivity (Wildman–Crippen MR) is 57.9 cm³/mol. The van der Waals surface area contributed by atoms with Gasteiger partial charge in [0.05, 0.1) is 18.6 Å². The molecule has 0 amide bonds. The second-order valence-corrected chi connectivity index (χ2v) is 5.09. The Labute approximate surface area is 91.2 Å². The zero-order valence-electron chi connectivity index (χ0n) is 10.0. The van der Waals surface area contributed by atoms with Crippen LogP contribution in [0.4, 0.5) is 0 Å². The zero-order chi connectivity index (χ0) is 11.7. The van der Waals surface area contributed by atoms with Crippen LogP contribution in [0.5, 0.6) is 0 Å². The normalized spacial score (nSPS) is 20.3. The molecule has 0 atom stereocenters. The van der Waals surface area contributed by atoms with E-state index in [9.17, 15) is 9.90 Å². The molecule has 1 rings (SSSR count). The summed E-state index contributed by atoms with van der Waals surface area (Å²) in [6.07, 6.45) is 0. The van der Waals surface area contributed by atoms with Crippen molar-refractivity contribution in [3.05, 3.63) is 0 Å². The summed E-state index contributed by atoms with van der Waals surface area (Å²) in [7, 11) is 0. The van der Waals surface area contributed by atoms with Gasteiger partial charge in [-0.1, -0.05) is 0 Å². The third-order valence-electron chi connectivity index (χ3n) is 3.87. The second kappa shape index (κ2) is 4.10. The van der Waals surface area contributed by atoms with Crippen LogP contribution in [0.3, 0.4) is 0 Å². The molecule has 15 heavy (non-hydrogen) atoms. The highest BCUT2D eigenvalue weighted by Gasteiger charge is 2.47. The number of nitrogens with zero attached hydrogens (tertiary/aromatic N) is 1. The maximum Gasteiger partial charge on any atom is 0.310 e. The van der Waals surface area contributed by atoms with E-state index < -0.39 is 11.4 Å². The number of carboxylic acids is 1. The van der Waals surface area contributed by atoms with E-state index in [2.05, 4.69) is 4.90 Å². The summed E-state index contributed by atoms with van der Waals surface area (Å²) < 4.78 is 5.28. The molecule has 88 valence electrons. The molecule has 0 unspecified atom stereocenters. The van der Waals surface area contributed by atoms with E-state index in [0.717, 1.165) is 13.1 Å². The number of carboxylic acid groups (broad SMARTS) is 1. The Kier molecular flexibility index (Phi) is 3.41. The smallest absolute Gasteiger partial charge is 0.310 e. The fourth-order valence-electron chi connectivity index (χ4n) is 1.78. The summed E-state index contributed by atoms with van der Waals surface area (Å²) in [6.45, 7) is 10.6. The number of hydrogen-bond donors (Lipinski definition) is 1. The highest BCUT2D eigenvalue weighted by Crippen LogP contribution is 2.36. The summed E-state index contributed by atoms with van der Waals surface area (Å²) in [5.74, 6) is -0.751. The minimum Gasteiger partial charge on any atom is -0.481 e. The lowest BCUT2D eigenvalue weighted by Gasteiger charge is -2.48. The molecule has 0 bridgehead atoms. The van der Waals surface area contributed by atoms with Crippen LogP contribution in [0, 0.1) is 5.41 Å². The first-order valence-corrected chi connectivity index (χ1v) is 5.36. The van der Waals surface area contributed by atoms with E-state index in [1.54, 1.807) is 13.8 Å². The molecule has 0 spiro atoms. The van der Waals surface area contributed by atoms with Crippen LogP contribution in [0.25, 0.3) is 0 Å². The Morgan fingerprint density at radius 2 is 1.67 bits per heavy atom. The van der Waals surface area contributed by atoms with Gasteiger partial charge in [-0.25, -0.2) is 0 Å². The van der Waals surface area contributed by atoms with Gasteiger partial charge in [-0.05, 0) is 27.7 Å². The lowest BCUT2D eigenvalue weighted by molar-refractivity contribution is -0.158. The van der Waals surface area contributed by atoms with Gasteiger partial charge in [0.15, 0.2) is 0 Å². The largest absolute Gasteiger partial charge is 0.481 e. The summed E-state index contributed by atoms with van der Waals surface area (Å²) in [6, 6.07) is 0. The number of rotatable bonds is 3. The Hall–Kier alpha value is -0.610. The van der Waals surface area contributed by atoms with Crippen LogP contribution >= 0.6 is 0 Å². The molecular formula is C11H21NO3.